The molecule has 0 unspecified atom stereocenters. The molecule has 0 aliphatic carbocycles. The van der Waals surface area contributed by atoms with Crippen molar-refractivity contribution in [3.8, 4) is 11.3 Å². The molecule has 0 aliphatic rings. The molecule has 2 N–H and O–H groups in total. The molecule has 0 saturated heterocycles. The zero-order chi connectivity index (χ0) is 15.2. The zero-order valence-corrected chi connectivity index (χ0v) is 12.3. The average molecular weight is 288 g/mol. The Morgan fingerprint density at radius 3 is 2.67 bits per heavy atom. The number of aliphatic hydroxyl groups is 1. The molecule has 0 aliphatic heterocycles. The Morgan fingerprint density at radius 2 is 2.05 bits per heavy atom. The van der Waals surface area contributed by atoms with Crippen molar-refractivity contribution in [1.29, 1.82) is 0 Å². The first kappa shape index (κ1) is 15.2. The van der Waals surface area contributed by atoms with Gasteiger partial charge < -0.3 is 10.4 Å². The minimum Gasteiger partial charge on any atom is -0.390 e. The van der Waals surface area contributed by atoms with E-state index >= 15 is 0 Å². The normalized spacial score (nSPS) is 10.6. The number of nitrogens with zero attached hydrogens (tertiary/aromatic N) is 3. The number of carbonyl (C=O) groups is 1. The van der Waals surface area contributed by atoms with Crippen LogP contribution in [0.15, 0.2) is 24.3 Å². The highest BCUT2D eigenvalue weighted by Gasteiger charge is 2.16. The van der Waals surface area contributed by atoms with Gasteiger partial charge in [0.05, 0.1) is 12.3 Å². The number of amides is 1. The fourth-order valence-electron chi connectivity index (χ4n) is 2.05. The van der Waals surface area contributed by atoms with Gasteiger partial charge in [-0.25, -0.2) is 4.68 Å². The molecule has 1 amide bonds. The molecule has 0 saturated carbocycles. The maximum Gasteiger partial charge on any atom is 0.241 e. The summed E-state index contributed by atoms with van der Waals surface area (Å²) in [6, 6.07) is 7.83. The van der Waals surface area contributed by atoms with Gasteiger partial charge in [0.15, 0.2) is 0 Å². The summed E-state index contributed by atoms with van der Waals surface area (Å²) in [7, 11) is 0. The van der Waals surface area contributed by atoms with Crippen LogP contribution in [0.25, 0.3) is 11.3 Å². The van der Waals surface area contributed by atoms with Crippen LogP contribution < -0.4 is 5.32 Å². The average Bonchev–Trinajstić information content (AvgIpc) is 2.88. The quantitative estimate of drug-likeness (QED) is 0.839. The van der Waals surface area contributed by atoms with Gasteiger partial charge in [-0.15, -0.1) is 5.10 Å². The summed E-state index contributed by atoms with van der Waals surface area (Å²) >= 11 is 0. The van der Waals surface area contributed by atoms with Crippen molar-refractivity contribution in [2.75, 3.05) is 6.54 Å². The van der Waals surface area contributed by atoms with Crippen molar-refractivity contribution in [3.05, 3.63) is 35.5 Å². The van der Waals surface area contributed by atoms with Crippen molar-refractivity contribution < 1.29 is 9.90 Å². The first-order valence-corrected chi connectivity index (χ1v) is 7.02. The Bertz CT molecular complexity index is 605. The predicted octanol–water partition coefficient (Wildman–Crippen LogP) is 1.27. The highest BCUT2D eigenvalue weighted by molar-refractivity contribution is 5.76. The summed E-state index contributed by atoms with van der Waals surface area (Å²) in [4.78, 5) is 11.8. The summed E-state index contributed by atoms with van der Waals surface area (Å²) in [5.74, 6) is -0.111. The fraction of sp³-hybridized carbons (Fsp3) is 0.400. The van der Waals surface area contributed by atoms with Crippen LogP contribution in [0, 0.1) is 6.92 Å². The molecule has 1 aromatic carbocycles. The largest absolute Gasteiger partial charge is 0.390 e. The molecule has 2 rings (SSSR count). The number of aryl methyl sites for hydroxylation is 1. The van der Waals surface area contributed by atoms with E-state index in [1.807, 2.05) is 38.1 Å². The SMILES string of the molecule is CCCNC(=O)Cn1nnc(CO)c1-c1ccc(C)cc1. The summed E-state index contributed by atoms with van der Waals surface area (Å²) in [6.45, 7) is 4.53. The van der Waals surface area contributed by atoms with Gasteiger partial charge in [0.1, 0.15) is 12.2 Å². The fourth-order valence-corrected chi connectivity index (χ4v) is 2.05. The van der Waals surface area contributed by atoms with E-state index in [0.29, 0.717) is 17.9 Å². The minimum absolute atomic E-state index is 0.0935. The molecule has 112 valence electrons. The van der Waals surface area contributed by atoms with Crippen LogP contribution in [0.2, 0.25) is 0 Å². The molecule has 2 aromatic rings. The molecule has 0 fully saturated rings. The summed E-state index contributed by atoms with van der Waals surface area (Å²) in [5.41, 5.74) is 3.19. The molecule has 6 heteroatoms. The van der Waals surface area contributed by atoms with E-state index in [1.165, 1.54) is 4.68 Å². The predicted molar refractivity (Wildman–Crippen MR) is 79.4 cm³/mol. The Kier molecular flexibility index (Phi) is 5.05. The minimum atomic E-state index is -0.209. The standard InChI is InChI=1S/C15H20N4O2/c1-3-8-16-14(21)9-19-15(13(10-20)17-18-19)12-6-4-11(2)5-7-12/h4-7,20H,3,8-10H2,1-2H3,(H,16,21). The van der Waals surface area contributed by atoms with Crippen LogP contribution >= 0.6 is 0 Å². The van der Waals surface area contributed by atoms with E-state index < -0.39 is 0 Å². The van der Waals surface area contributed by atoms with Crippen molar-refractivity contribution >= 4 is 5.91 Å². The van der Waals surface area contributed by atoms with E-state index in [4.69, 9.17) is 0 Å². The maximum absolute atomic E-state index is 11.8. The molecule has 6 nitrogen and oxygen atoms in total. The van der Waals surface area contributed by atoms with Crippen molar-refractivity contribution in [2.45, 2.75) is 33.4 Å². The first-order valence-electron chi connectivity index (χ1n) is 7.02. The summed E-state index contributed by atoms with van der Waals surface area (Å²) in [5, 5.41) is 20.1. The number of hydrogen-bond donors (Lipinski definition) is 2. The third kappa shape index (κ3) is 3.66. The highest BCUT2D eigenvalue weighted by atomic mass is 16.3. The maximum atomic E-state index is 11.8. The summed E-state index contributed by atoms with van der Waals surface area (Å²) in [6.07, 6.45) is 0.885. The molecular formula is C15H20N4O2. The number of hydrogen-bond acceptors (Lipinski definition) is 4. The van der Waals surface area contributed by atoms with Crippen LogP contribution in [0.3, 0.4) is 0 Å². The zero-order valence-electron chi connectivity index (χ0n) is 12.3. The molecule has 0 atom stereocenters. The molecule has 1 heterocycles. The third-order valence-corrected chi connectivity index (χ3v) is 3.15. The van der Waals surface area contributed by atoms with Gasteiger partial charge >= 0.3 is 0 Å². The molecule has 0 spiro atoms. The van der Waals surface area contributed by atoms with Crippen LogP contribution in [0.5, 0.6) is 0 Å². The smallest absolute Gasteiger partial charge is 0.241 e. The number of aromatic nitrogens is 3. The van der Waals surface area contributed by atoms with Crippen molar-refractivity contribution in [1.82, 2.24) is 20.3 Å². The van der Waals surface area contributed by atoms with E-state index in [2.05, 4.69) is 15.6 Å². The topological polar surface area (TPSA) is 80.0 Å². The lowest BCUT2D eigenvalue weighted by Crippen LogP contribution is -2.28. The Labute approximate surface area is 123 Å². The number of rotatable bonds is 6. The first-order chi connectivity index (χ1) is 10.2. The van der Waals surface area contributed by atoms with Gasteiger partial charge in [-0.3, -0.25) is 4.79 Å². The Balaban J connectivity index is 2.28. The van der Waals surface area contributed by atoms with E-state index in [9.17, 15) is 9.90 Å². The van der Waals surface area contributed by atoms with Crippen molar-refractivity contribution in [2.24, 2.45) is 0 Å². The number of benzene rings is 1. The second-order valence-electron chi connectivity index (χ2n) is 4.92. The molecule has 0 radical (unpaired) electrons. The van der Waals surface area contributed by atoms with E-state index in [1.54, 1.807) is 0 Å². The van der Waals surface area contributed by atoms with Crippen molar-refractivity contribution in [3.63, 3.8) is 0 Å². The van der Waals surface area contributed by atoms with Crippen LogP contribution in [-0.4, -0.2) is 32.6 Å². The monoisotopic (exact) mass is 288 g/mol. The Hall–Kier alpha value is -2.21. The summed E-state index contributed by atoms with van der Waals surface area (Å²) < 4.78 is 1.53. The van der Waals surface area contributed by atoms with Gasteiger partial charge in [0.25, 0.3) is 0 Å². The molecule has 0 bridgehead atoms. The van der Waals surface area contributed by atoms with Gasteiger partial charge in [0.2, 0.25) is 5.91 Å². The van der Waals surface area contributed by atoms with Crippen LogP contribution in [0.4, 0.5) is 0 Å². The molecule has 21 heavy (non-hydrogen) atoms. The van der Waals surface area contributed by atoms with Gasteiger partial charge in [-0.1, -0.05) is 42.0 Å². The lowest BCUT2D eigenvalue weighted by molar-refractivity contribution is -0.121. The van der Waals surface area contributed by atoms with Gasteiger partial charge in [0, 0.05) is 12.1 Å². The Morgan fingerprint density at radius 1 is 1.33 bits per heavy atom. The number of aliphatic hydroxyl groups excluding tert-OH is 1. The second kappa shape index (κ2) is 6.99. The van der Waals surface area contributed by atoms with Gasteiger partial charge in [-0.05, 0) is 13.3 Å². The number of nitrogens with one attached hydrogen (secondary N) is 1. The third-order valence-electron chi connectivity index (χ3n) is 3.15. The van der Waals surface area contributed by atoms with Gasteiger partial charge in [-0.2, -0.15) is 0 Å². The lowest BCUT2D eigenvalue weighted by Gasteiger charge is -2.08. The molecule has 1 aromatic heterocycles. The van der Waals surface area contributed by atoms with E-state index in [-0.39, 0.29) is 19.1 Å². The number of carbonyl (C=O) groups excluding carboxylic acids is 1. The second-order valence-corrected chi connectivity index (χ2v) is 4.92. The molecular weight excluding hydrogens is 268 g/mol. The van der Waals surface area contributed by atoms with Crippen LogP contribution in [0.1, 0.15) is 24.6 Å². The highest BCUT2D eigenvalue weighted by Crippen LogP contribution is 2.22. The lowest BCUT2D eigenvalue weighted by atomic mass is 10.1. The van der Waals surface area contributed by atoms with E-state index in [0.717, 1.165) is 17.5 Å². The van der Waals surface area contributed by atoms with Crippen LogP contribution in [-0.2, 0) is 17.9 Å².